The van der Waals surface area contributed by atoms with Gasteiger partial charge < -0.3 is 10.1 Å². The number of carbonyl (C=O) groups excluding carboxylic acids is 1. The highest BCUT2D eigenvalue weighted by Crippen LogP contribution is 2.24. The number of aromatic nitrogens is 1. The van der Waals surface area contributed by atoms with Crippen LogP contribution in [0.3, 0.4) is 0 Å². The molecule has 27 heavy (non-hydrogen) atoms. The Bertz CT molecular complexity index is 919. The van der Waals surface area contributed by atoms with Gasteiger partial charge in [-0.05, 0) is 55.3 Å². The largest absolute Gasteiger partial charge is 0.456 e. The van der Waals surface area contributed by atoms with Crippen LogP contribution in [-0.4, -0.2) is 10.9 Å². The van der Waals surface area contributed by atoms with Crippen LogP contribution in [0.4, 0.5) is 0 Å². The molecule has 1 N–H and O–H groups in total. The third-order valence-electron chi connectivity index (χ3n) is 4.09. The quantitative estimate of drug-likeness (QED) is 0.626. The van der Waals surface area contributed by atoms with E-state index >= 15 is 0 Å². The number of carbonyl (C=O) groups is 1. The van der Waals surface area contributed by atoms with Crippen LogP contribution in [0.2, 0.25) is 0 Å². The molecule has 0 radical (unpaired) electrons. The van der Waals surface area contributed by atoms with Gasteiger partial charge in [-0.3, -0.25) is 9.78 Å². The molecule has 1 atom stereocenters. The summed E-state index contributed by atoms with van der Waals surface area (Å²) in [7, 11) is 0. The third kappa shape index (κ3) is 5.54. The highest BCUT2D eigenvalue weighted by atomic mass is 16.5. The van der Waals surface area contributed by atoms with Crippen LogP contribution in [0.5, 0.6) is 11.5 Å². The van der Waals surface area contributed by atoms with Gasteiger partial charge in [-0.2, -0.15) is 0 Å². The molecule has 0 unspecified atom stereocenters. The number of hydrogen-bond donors (Lipinski definition) is 1. The van der Waals surface area contributed by atoms with E-state index in [2.05, 4.69) is 10.3 Å². The van der Waals surface area contributed by atoms with E-state index in [9.17, 15) is 4.79 Å². The zero-order valence-corrected chi connectivity index (χ0v) is 15.4. The Morgan fingerprint density at radius 2 is 1.85 bits per heavy atom. The molecule has 3 aromatic rings. The number of benzene rings is 2. The van der Waals surface area contributed by atoms with Gasteiger partial charge in [-0.15, -0.1) is 0 Å². The average Bonchev–Trinajstić information content (AvgIpc) is 2.68. The van der Waals surface area contributed by atoms with Crippen LogP contribution < -0.4 is 10.1 Å². The van der Waals surface area contributed by atoms with E-state index in [1.54, 1.807) is 18.5 Å². The number of amides is 1. The minimum atomic E-state index is -0.141. The van der Waals surface area contributed by atoms with Gasteiger partial charge in [0.1, 0.15) is 11.5 Å². The minimum Gasteiger partial charge on any atom is -0.456 e. The topological polar surface area (TPSA) is 51.2 Å². The molecule has 0 aliphatic rings. The molecule has 0 spiro atoms. The smallest absolute Gasteiger partial charge is 0.244 e. The SMILES string of the molecule is Cc1ccc(/C=C/C(=O)N[C@@H](C)c2cccc(Oc3cccnc3)c2)cc1. The van der Waals surface area contributed by atoms with E-state index in [1.165, 1.54) is 5.56 Å². The molecule has 0 aliphatic heterocycles. The lowest BCUT2D eigenvalue weighted by Crippen LogP contribution is -2.24. The van der Waals surface area contributed by atoms with Crippen molar-refractivity contribution < 1.29 is 9.53 Å². The molecule has 3 rings (SSSR count). The number of rotatable bonds is 6. The van der Waals surface area contributed by atoms with E-state index in [0.717, 1.165) is 11.1 Å². The molecule has 136 valence electrons. The van der Waals surface area contributed by atoms with Crippen molar-refractivity contribution in [3.8, 4) is 11.5 Å². The van der Waals surface area contributed by atoms with Gasteiger partial charge in [0.15, 0.2) is 0 Å². The van der Waals surface area contributed by atoms with E-state index < -0.39 is 0 Å². The maximum atomic E-state index is 12.2. The first kappa shape index (κ1) is 18.4. The number of nitrogens with one attached hydrogen (secondary N) is 1. The zero-order chi connectivity index (χ0) is 19.1. The molecule has 0 saturated heterocycles. The molecule has 0 bridgehead atoms. The highest BCUT2D eigenvalue weighted by molar-refractivity contribution is 5.91. The Morgan fingerprint density at radius 1 is 1.07 bits per heavy atom. The van der Waals surface area contributed by atoms with E-state index in [1.807, 2.05) is 80.6 Å². The molecule has 0 saturated carbocycles. The van der Waals surface area contributed by atoms with Gasteiger partial charge in [-0.1, -0.05) is 42.0 Å². The molecule has 0 aliphatic carbocycles. The van der Waals surface area contributed by atoms with Crippen LogP contribution in [0, 0.1) is 6.92 Å². The summed E-state index contributed by atoms with van der Waals surface area (Å²) in [6.45, 7) is 3.98. The van der Waals surface area contributed by atoms with Crippen molar-refractivity contribution in [2.75, 3.05) is 0 Å². The van der Waals surface area contributed by atoms with Crippen LogP contribution in [-0.2, 0) is 4.79 Å². The zero-order valence-electron chi connectivity index (χ0n) is 15.4. The van der Waals surface area contributed by atoms with Crippen molar-refractivity contribution in [2.45, 2.75) is 19.9 Å². The predicted octanol–water partition coefficient (Wildman–Crippen LogP) is 5.07. The highest BCUT2D eigenvalue weighted by Gasteiger charge is 2.09. The summed E-state index contributed by atoms with van der Waals surface area (Å²) in [6.07, 6.45) is 6.72. The Kier molecular flexibility index (Phi) is 6.00. The van der Waals surface area contributed by atoms with Crippen LogP contribution in [0.1, 0.15) is 29.7 Å². The molecule has 0 fully saturated rings. The number of nitrogens with zero attached hydrogens (tertiary/aromatic N) is 1. The number of hydrogen-bond acceptors (Lipinski definition) is 3. The summed E-state index contributed by atoms with van der Waals surface area (Å²) in [5, 5.41) is 2.98. The van der Waals surface area contributed by atoms with Gasteiger partial charge in [0.25, 0.3) is 0 Å². The van der Waals surface area contributed by atoms with E-state index in [-0.39, 0.29) is 11.9 Å². The molecule has 1 aromatic heterocycles. The number of aryl methyl sites for hydroxylation is 1. The van der Waals surface area contributed by atoms with E-state index in [0.29, 0.717) is 11.5 Å². The fraction of sp³-hybridized carbons (Fsp3) is 0.130. The van der Waals surface area contributed by atoms with E-state index in [4.69, 9.17) is 4.74 Å². The minimum absolute atomic E-state index is 0.137. The first-order valence-electron chi connectivity index (χ1n) is 8.83. The van der Waals surface area contributed by atoms with Crippen LogP contribution >= 0.6 is 0 Å². The Labute approximate surface area is 159 Å². The normalized spacial score (nSPS) is 11.9. The second kappa shape index (κ2) is 8.81. The fourth-order valence-corrected chi connectivity index (χ4v) is 2.59. The van der Waals surface area contributed by atoms with Gasteiger partial charge in [0, 0.05) is 12.3 Å². The lowest BCUT2D eigenvalue weighted by atomic mass is 10.1. The summed E-state index contributed by atoms with van der Waals surface area (Å²) in [5.41, 5.74) is 3.15. The van der Waals surface area contributed by atoms with Crippen molar-refractivity contribution in [3.63, 3.8) is 0 Å². The van der Waals surface area contributed by atoms with Crippen molar-refractivity contribution in [3.05, 3.63) is 95.8 Å². The average molecular weight is 358 g/mol. The molecule has 1 heterocycles. The summed E-state index contributed by atoms with van der Waals surface area (Å²) >= 11 is 0. The van der Waals surface area contributed by atoms with Crippen LogP contribution in [0.15, 0.2) is 79.1 Å². The monoisotopic (exact) mass is 358 g/mol. The Hall–Kier alpha value is -3.40. The van der Waals surface area contributed by atoms with Crippen LogP contribution in [0.25, 0.3) is 6.08 Å². The van der Waals surface area contributed by atoms with Crippen molar-refractivity contribution in [1.29, 1.82) is 0 Å². The number of pyridine rings is 1. The van der Waals surface area contributed by atoms with Gasteiger partial charge in [0.2, 0.25) is 5.91 Å². The molecule has 4 nitrogen and oxygen atoms in total. The maximum absolute atomic E-state index is 12.2. The fourth-order valence-electron chi connectivity index (χ4n) is 2.59. The lowest BCUT2D eigenvalue weighted by molar-refractivity contribution is -0.117. The first-order valence-corrected chi connectivity index (χ1v) is 8.83. The summed E-state index contributed by atoms with van der Waals surface area (Å²) in [6, 6.07) is 19.2. The first-order chi connectivity index (χ1) is 13.1. The molecular formula is C23H22N2O2. The van der Waals surface area contributed by atoms with Gasteiger partial charge in [0.05, 0.1) is 12.2 Å². The molecular weight excluding hydrogens is 336 g/mol. The second-order valence-corrected chi connectivity index (χ2v) is 6.34. The summed E-state index contributed by atoms with van der Waals surface area (Å²) in [5.74, 6) is 1.24. The standard InChI is InChI=1S/C23H22N2O2/c1-17-8-10-19(11-9-17)12-13-23(26)25-18(2)20-5-3-6-21(15-20)27-22-7-4-14-24-16-22/h3-16,18H,1-2H3,(H,25,26)/b13-12+/t18-/m0/s1. The molecule has 1 amide bonds. The Morgan fingerprint density at radius 3 is 2.59 bits per heavy atom. The lowest BCUT2D eigenvalue weighted by Gasteiger charge is -2.14. The van der Waals surface area contributed by atoms with Crippen molar-refractivity contribution in [2.24, 2.45) is 0 Å². The second-order valence-electron chi connectivity index (χ2n) is 6.34. The van der Waals surface area contributed by atoms with Gasteiger partial charge >= 0.3 is 0 Å². The van der Waals surface area contributed by atoms with Crippen molar-refractivity contribution in [1.82, 2.24) is 10.3 Å². The Balaban J connectivity index is 1.61. The van der Waals surface area contributed by atoms with Gasteiger partial charge in [-0.25, -0.2) is 0 Å². The summed E-state index contributed by atoms with van der Waals surface area (Å²) in [4.78, 5) is 16.2. The predicted molar refractivity (Wildman–Crippen MR) is 108 cm³/mol. The molecule has 2 aromatic carbocycles. The number of ether oxygens (including phenoxy) is 1. The third-order valence-corrected chi connectivity index (χ3v) is 4.09. The maximum Gasteiger partial charge on any atom is 0.244 e. The molecule has 4 heteroatoms. The van der Waals surface area contributed by atoms with Crippen molar-refractivity contribution >= 4 is 12.0 Å². The summed E-state index contributed by atoms with van der Waals surface area (Å²) < 4.78 is 5.80.